The number of carbonyl (C=O) groups excluding carboxylic acids is 1. The number of rotatable bonds is 6. The van der Waals surface area contributed by atoms with Crippen LogP contribution >= 0.6 is 0 Å². The van der Waals surface area contributed by atoms with E-state index in [2.05, 4.69) is 4.74 Å². The fourth-order valence-corrected chi connectivity index (χ4v) is 4.02. The minimum Gasteiger partial charge on any atom is -0.491 e. The van der Waals surface area contributed by atoms with Crippen molar-refractivity contribution in [1.29, 1.82) is 0 Å². The average Bonchev–Trinajstić information content (AvgIpc) is 3.04. The van der Waals surface area contributed by atoms with Gasteiger partial charge in [-0.05, 0) is 11.3 Å². The first-order valence-electron chi connectivity index (χ1n) is 7.33. The van der Waals surface area contributed by atoms with Crippen molar-refractivity contribution in [1.82, 2.24) is 0 Å². The van der Waals surface area contributed by atoms with E-state index >= 15 is 0 Å². The van der Waals surface area contributed by atoms with Gasteiger partial charge in [0.15, 0.2) is 17.4 Å². The third-order valence-corrected chi connectivity index (χ3v) is 5.35. The van der Waals surface area contributed by atoms with Crippen molar-refractivity contribution >= 4 is 16.1 Å². The molecule has 1 aromatic rings. The fraction of sp³-hybridized carbons (Fsp3) is 0.533. The molecule has 0 bridgehead atoms. The summed E-state index contributed by atoms with van der Waals surface area (Å²) in [4.78, 5) is 12.1. The molecule has 1 saturated carbocycles. The zero-order chi connectivity index (χ0) is 20.0. The van der Waals surface area contributed by atoms with Crippen molar-refractivity contribution in [2.24, 2.45) is 17.3 Å². The lowest BCUT2D eigenvalue weighted by molar-refractivity contribution is -0.147. The molecule has 1 aliphatic rings. The Kier molecular flexibility index (Phi) is 5.26. The Morgan fingerprint density at radius 3 is 2.04 bits per heavy atom. The van der Waals surface area contributed by atoms with Crippen LogP contribution in [0.2, 0.25) is 0 Å². The van der Waals surface area contributed by atoms with Crippen LogP contribution in [-0.4, -0.2) is 31.8 Å². The summed E-state index contributed by atoms with van der Waals surface area (Å²) in [6, 6.07) is 0. The normalized spacial score (nSPS) is 21.4. The summed E-state index contributed by atoms with van der Waals surface area (Å²) in [5.74, 6) is -11.7. The van der Waals surface area contributed by atoms with Crippen LogP contribution in [0.25, 0.3) is 0 Å². The molecule has 0 radical (unpaired) electrons. The zero-order valence-electron chi connectivity index (χ0n) is 14.0. The summed E-state index contributed by atoms with van der Waals surface area (Å²) in [6.07, 6.45) is 0. The number of ether oxygens (including phenoxy) is 2. The second-order valence-corrected chi connectivity index (χ2v) is 8.03. The number of esters is 1. The summed E-state index contributed by atoms with van der Waals surface area (Å²) >= 11 is 0. The monoisotopic (exact) mass is 400 g/mol. The number of benzene rings is 1. The van der Waals surface area contributed by atoms with E-state index in [1.54, 1.807) is 13.8 Å². The fourth-order valence-electron chi connectivity index (χ4n) is 2.95. The van der Waals surface area contributed by atoms with Gasteiger partial charge < -0.3 is 9.47 Å². The minimum absolute atomic E-state index is 0.686. The van der Waals surface area contributed by atoms with Gasteiger partial charge >= 0.3 is 5.97 Å². The summed E-state index contributed by atoms with van der Waals surface area (Å²) < 4.78 is 94.7. The van der Waals surface area contributed by atoms with Crippen LogP contribution in [0.3, 0.4) is 0 Å². The van der Waals surface area contributed by atoms with E-state index < -0.39 is 80.3 Å². The van der Waals surface area contributed by atoms with Crippen molar-refractivity contribution in [3.05, 3.63) is 28.8 Å². The van der Waals surface area contributed by atoms with Crippen LogP contribution in [-0.2, 0) is 26.3 Å². The minimum atomic E-state index is -4.34. The maximum Gasteiger partial charge on any atom is 0.310 e. The van der Waals surface area contributed by atoms with E-state index in [9.17, 15) is 30.8 Å². The lowest BCUT2D eigenvalue weighted by Gasteiger charge is -2.11. The number of hydrogen-bond donors (Lipinski definition) is 1. The van der Waals surface area contributed by atoms with E-state index in [1.807, 2.05) is 0 Å². The highest BCUT2D eigenvalue weighted by atomic mass is 32.2. The Morgan fingerprint density at radius 2 is 1.62 bits per heavy atom. The van der Waals surface area contributed by atoms with Crippen LogP contribution in [0.4, 0.5) is 17.6 Å². The van der Waals surface area contributed by atoms with Crippen LogP contribution in [0.15, 0.2) is 0 Å². The quantitative estimate of drug-likeness (QED) is 0.342. The molecule has 1 aromatic carbocycles. The Hall–Kier alpha value is -1.88. The van der Waals surface area contributed by atoms with E-state index in [1.165, 1.54) is 0 Å². The van der Waals surface area contributed by atoms with E-state index in [4.69, 9.17) is 9.29 Å². The van der Waals surface area contributed by atoms with Crippen molar-refractivity contribution in [2.75, 3.05) is 12.9 Å². The first kappa shape index (κ1) is 20.4. The number of halogens is 4. The number of methoxy groups -OCH3 is 1. The lowest BCUT2D eigenvalue weighted by Crippen LogP contribution is -2.15. The topological polar surface area (TPSA) is 89.9 Å². The van der Waals surface area contributed by atoms with Gasteiger partial charge in [-0.2, -0.15) is 17.2 Å². The van der Waals surface area contributed by atoms with Gasteiger partial charge in [0.05, 0.1) is 24.3 Å². The summed E-state index contributed by atoms with van der Waals surface area (Å²) in [6.45, 7) is 1.99. The molecule has 2 atom stereocenters. The summed E-state index contributed by atoms with van der Waals surface area (Å²) in [5, 5.41) is 0. The van der Waals surface area contributed by atoms with E-state index in [-0.39, 0.29) is 0 Å². The molecular formula is C15H16F4O6S. The SMILES string of the molecule is COc1c(F)c(F)c(COC(=O)C2C(CS(=O)(=O)O)C2(C)C)c(F)c1F. The van der Waals surface area contributed by atoms with Crippen molar-refractivity contribution in [3.8, 4) is 5.75 Å². The van der Waals surface area contributed by atoms with Gasteiger partial charge in [-0.3, -0.25) is 9.35 Å². The molecule has 2 unspecified atom stereocenters. The molecule has 1 aliphatic carbocycles. The molecule has 0 aromatic heterocycles. The molecule has 0 amide bonds. The molecule has 0 heterocycles. The molecule has 146 valence electrons. The smallest absolute Gasteiger partial charge is 0.310 e. The third-order valence-electron chi connectivity index (χ3n) is 4.57. The molecular weight excluding hydrogens is 384 g/mol. The third kappa shape index (κ3) is 3.63. The van der Waals surface area contributed by atoms with Crippen LogP contribution in [0.5, 0.6) is 5.75 Å². The Labute approximate surface area is 146 Å². The largest absolute Gasteiger partial charge is 0.491 e. The highest BCUT2D eigenvalue weighted by molar-refractivity contribution is 7.85. The highest BCUT2D eigenvalue weighted by Gasteiger charge is 2.63. The van der Waals surface area contributed by atoms with Gasteiger partial charge in [-0.25, -0.2) is 8.78 Å². The molecule has 1 fully saturated rings. The molecule has 0 spiro atoms. The predicted octanol–water partition coefficient (Wildman–Crippen LogP) is 2.45. The van der Waals surface area contributed by atoms with E-state index in [0.717, 1.165) is 7.11 Å². The van der Waals surface area contributed by atoms with Crippen LogP contribution in [0, 0.1) is 40.5 Å². The van der Waals surface area contributed by atoms with Crippen LogP contribution < -0.4 is 4.74 Å². The van der Waals surface area contributed by atoms with Gasteiger partial charge in [-0.15, -0.1) is 0 Å². The molecule has 11 heteroatoms. The van der Waals surface area contributed by atoms with Gasteiger partial charge in [0, 0.05) is 0 Å². The second-order valence-electron chi connectivity index (χ2n) is 6.53. The average molecular weight is 400 g/mol. The van der Waals surface area contributed by atoms with Crippen molar-refractivity contribution in [2.45, 2.75) is 20.5 Å². The van der Waals surface area contributed by atoms with Gasteiger partial charge in [0.2, 0.25) is 11.6 Å². The second kappa shape index (κ2) is 6.69. The lowest BCUT2D eigenvalue weighted by atomic mass is 10.1. The number of hydrogen-bond acceptors (Lipinski definition) is 5. The Bertz CT molecular complexity index is 823. The maximum atomic E-state index is 13.8. The molecule has 0 aliphatic heterocycles. The molecule has 0 saturated heterocycles. The van der Waals surface area contributed by atoms with Gasteiger partial charge in [-0.1, -0.05) is 13.8 Å². The molecule has 6 nitrogen and oxygen atoms in total. The van der Waals surface area contributed by atoms with Gasteiger partial charge in [0.1, 0.15) is 6.61 Å². The van der Waals surface area contributed by atoms with Crippen molar-refractivity contribution in [3.63, 3.8) is 0 Å². The first-order chi connectivity index (χ1) is 11.8. The standard InChI is InChI=1S/C15H16F4O6S/c1-15(2)7(5-26(21,22)23)8(15)14(20)25-4-6-9(16)11(18)13(24-3)12(19)10(6)17/h7-8H,4-5H2,1-3H3,(H,21,22,23). The molecule has 26 heavy (non-hydrogen) atoms. The Balaban J connectivity index is 2.16. The maximum absolute atomic E-state index is 13.8. The first-order valence-corrected chi connectivity index (χ1v) is 8.94. The molecule has 1 N–H and O–H groups in total. The van der Waals surface area contributed by atoms with E-state index in [0.29, 0.717) is 0 Å². The Morgan fingerprint density at radius 1 is 1.12 bits per heavy atom. The highest BCUT2D eigenvalue weighted by Crippen LogP contribution is 2.59. The summed E-state index contributed by atoms with van der Waals surface area (Å²) in [5.41, 5.74) is -1.97. The van der Waals surface area contributed by atoms with Gasteiger partial charge in [0.25, 0.3) is 10.1 Å². The van der Waals surface area contributed by atoms with Crippen LogP contribution in [0.1, 0.15) is 19.4 Å². The summed E-state index contributed by atoms with van der Waals surface area (Å²) in [7, 11) is -3.51. The molecule has 2 rings (SSSR count). The van der Waals surface area contributed by atoms with Crippen molar-refractivity contribution < 1.29 is 44.8 Å². The predicted molar refractivity (Wildman–Crippen MR) is 79.8 cm³/mol. The number of carbonyl (C=O) groups is 1. The zero-order valence-corrected chi connectivity index (χ0v) is 14.8.